The molecule has 0 aromatic heterocycles. The number of carbonyl (C=O) groups is 1. The van der Waals surface area contributed by atoms with Crippen LogP contribution in [0.25, 0.3) is 0 Å². The minimum absolute atomic E-state index is 0.191. The van der Waals surface area contributed by atoms with Gasteiger partial charge in [-0.3, -0.25) is 4.79 Å². The van der Waals surface area contributed by atoms with Crippen LogP contribution in [0.4, 0.5) is 0 Å². The smallest absolute Gasteiger partial charge is 0.315 e. The molecule has 1 N–H and O–H groups in total. The number of carbonyl (C=O) groups excluding carboxylic acids is 1. The minimum atomic E-state index is -0.191. The predicted molar refractivity (Wildman–Crippen MR) is 66.6 cm³/mol. The highest BCUT2D eigenvalue weighted by Gasteiger charge is 2.05. The van der Waals surface area contributed by atoms with Gasteiger partial charge in [0.05, 0.1) is 12.9 Å². The monoisotopic (exact) mass is 239 g/mol. The molecule has 0 spiro atoms. The maximum atomic E-state index is 11.1. The molecule has 0 unspecified atom stereocenters. The average molecular weight is 239 g/mol. The van der Waals surface area contributed by atoms with Gasteiger partial charge in [-0.05, 0) is 18.2 Å². The molecule has 1 rings (SSSR count). The minimum Gasteiger partial charge on any atom is -0.468 e. The predicted octanol–water partition coefficient (Wildman–Crippen LogP) is 2.06. The van der Waals surface area contributed by atoms with Gasteiger partial charge in [0.15, 0.2) is 0 Å². The Kier molecular flexibility index (Phi) is 5.96. The van der Waals surface area contributed by atoms with Crippen molar-refractivity contribution in [3.05, 3.63) is 29.8 Å². The average Bonchev–Trinajstić information content (AvgIpc) is 2.34. The first-order chi connectivity index (χ1) is 7.77. The molecule has 88 valence electrons. The molecule has 0 saturated carbocycles. The zero-order valence-electron chi connectivity index (χ0n) is 9.66. The zero-order valence-corrected chi connectivity index (χ0v) is 10.5. The summed E-state index contributed by atoms with van der Waals surface area (Å²) in [7, 11) is 1.41. The van der Waals surface area contributed by atoms with Crippen LogP contribution in [-0.4, -0.2) is 25.4 Å². The number of nitrogens with one attached hydrogen (secondary N) is 1. The van der Waals surface area contributed by atoms with Crippen molar-refractivity contribution in [2.45, 2.75) is 18.4 Å². The maximum absolute atomic E-state index is 11.1. The number of methoxy groups -OCH3 is 1. The van der Waals surface area contributed by atoms with Crippen molar-refractivity contribution >= 4 is 17.7 Å². The first kappa shape index (κ1) is 13.1. The van der Waals surface area contributed by atoms with Gasteiger partial charge in [0.2, 0.25) is 0 Å². The van der Waals surface area contributed by atoms with Crippen LogP contribution in [0.1, 0.15) is 12.5 Å². The number of esters is 1. The fourth-order valence-corrected chi connectivity index (χ4v) is 2.14. The van der Waals surface area contributed by atoms with Crippen LogP contribution < -0.4 is 5.32 Å². The second-order valence-corrected chi connectivity index (χ2v) is 4.27. The lowest BCUT2D eigenvalue weighted by molar-refractivity contribution is -0.137. The molecule has 0 heterocycles. The Morgan fingerprint density at radius 1 is 1.44 bits per heavy atom. The van der Waals surface area contributed by atoms with E-state index in [1.54, 1.807) is 0 Å². The van der Waals surface area contributed by atoms with Crippen molar-refractivity contribution in [2.75, 3.05) is 19.4 Å². The van der Waals surface area contributed by atoms with Crippen molar-refractivity contribution in [3.63, 3.8) is 0 Å². The van der Waals surface area contributed by atoms with Gasteiger partial charge in [-0.1, -0.05) is 25.1 Å². The first-order valence-electron chi connectivity index (χ1n) is 5.26. The maximum Gasteiger partial charge on any atom is 0.315 e. The molecular formula is C12H17NO2S. The third-order valence-corrected chi connectivity index (χ3v) is 3.20. The Morgan fingerprint density at radius 3 is 2.88 bits per heavy atom. The third kappa shape index (κ3) is 4.24. The molecule has 0 bridgehead atoms. The van der Waals surface area contributed by atoms with Crippen molar-refractivity contribution < 1.29 is 9.53 Å². The van der Waals surface area contributed by atoms with E-state index in [9.17, 15) is 4.79 Å². The van der Waals surface area contributed by atoms with Crippen LogP contribution >= 0.6 is 11.8 Å². The Balaban J connectivity index is 2.59. The van der Waals surface area contributed by atoms with Crippen molar-refractivity contribution in [1.82, 2.24) is 5.32 Å². The van der Waals surface area contributed by atoms with E-state index in [1.165, 1.54) is 24.4 Å². The van der Waals surface area contributed by atoms with Crippen molar-refractivity contribution in [1.29, 1.82) is 0 Å². The van der Waals surface area contributed by atoms with Crippen LogP contribution in [0.2, 0.25) is 0 Å². The Morgan fingerprint density at radius 2 is 2.19 bits per heavy atom. The SMILES string of the molecule is CCNCc1ccccc1SCC(=O)OC. The van der Waals surface area contributed by atoms with E-state index in [1.807, 2.05) is 18.2 Å². The van der Waals surface area contributed by atoms with E-state index < -0.39 is 0 Å². The summed E-state index contributed by atoms with van der Waals surface area (Å²) in [4.78, 5) is 12.2. The summed E-state index contributed by atoms with van der Waals surface area (Å²) in [5, 5.41) is 3.28. The van der Waals surface area contributed by atoms with Crippen LogP contribution in [-0.2, 0) is 16.1 Å². The van der Waals surface area contributed by atoms with E-state index in [4.69, 9.17) is 0 Å². The molecule has 16 heavy (non-hydrogen) atoms. The fourth-order valence-electron chi connectivity index (χ4n) is 1.25. The van der Waals surface area contributed by atoms with Gasteiger partial charge >= 0.3 is 5.97 Å². The number of hydrogen-bond donors (Lipinski definition) is 1. The van der Waals surface area contributed by atoms with Gasteiger partial charge in [0.1, 0.15) is 0 Å². The van der Waals surface area contributed by atoms with Crippen LogP contribution in [0, 0.1) is 0 Å². The number of hydrogen-bond acceptors (Lipinski definition) is 4. The number of rotatable bonds is 6. The molecule has 0 aliphatic rings. The van der Waals surface area contributed by atoms with E-state index in [-0.39, 0.29) is 5.97 Å². The summed E-state index contributed by atoms with van der Waals surface area (Å²) in [5.74, 6) is 0.169. The quantitative estimate of drug-likeness (QED) is 0.609. The normalized spacial score (nSPS) is 10.1. The number of benzene rings is 1. The van der Waals surface area contributed by atoms with E-state index in [0.717, 1.165) is 18.0 Å². The molecule has 1 aromatic rings. The highest BCUT2D eigenvalue weighted by atomic mass is 32.2. The first-order valence-corrected chi connectivity index (χ1v) is 6.24. The Labute approximate surface area is 101 Å². The van der Waals surface area contributed by atoms with Gasteiger partial charge in [0.25, 0.3) is 0 Å². The summed E-state index contributed by atoms with van der Waals surface area (Å²) >= 11 is 1.52. The number of thioether (sulfide) groups is 1. The lowest BCUT2D eigenvalue weighted by Crippen LogP contribution is -2.12. The molecule has 0 atom stereocenters. The highest BCUT2D eigenvalue weighted by Crippen LogP contribution is 2.22. The zero-order chi connectivity index (χ0) is 11.8. The summed E-state index contributed by atoms with van der Waals surface area (Å²) in [6.45, 7) is 3.85. The van der Waals surface area contributed by atoms with Crippen LogP contribution in [0.15, 0.2) is 29.2 Å². The standard InChI is InChI=1S/C12H17NO2S/c1-3-13-8-10-6-4-5-7-11(10)16-9-12(14)15-2/h4-7,13H,3,8-9H2,1-2H3. The number of ether oxygens (including phenoxy) is 1. The Bertz CT molecular complexity index is 342. The molecule has 0 aliphatic heterocycles. The summed E-state index contributed by atoms with van der Waals surface area (Å²) < 4.78 is 4.62. The summed E-state index contributed by atoms with van der Waals surface area (Å²) in [6.07, 6.45) is 0. The van der Waals surface area contributed by atoms with Crippen LogP contribution in [0.3, 0.4) is 0 Å². The molecule has 1 aromatic carbocycles. The van der Waals surface area contributed by atoms with Crippen molar-refractivity contribution in [2.24, 2.45) is 0 Å². The molecular weight excluding hydrogens is 222 g/mol. The molecule has 0 aliphatic carbocycles. The lowest BCUT2D eigenvalue weighted by atomic mass is 10.2. The van der Waals surface area contributed by atoms with Gasteiger partial charge in [-0.25, -0.2) is 0 Å². The van der Waals surface area contributed by atoms with E-state index in [2.05, 4.69) is 23.0 Å². The molecule has 3 nitrogen and oxygen atoms in total. The molecule has 0 fully saturated rings. The van der Waals surface area contributed by atoms with Gasteiger partial charge in [0, 0.05) is 11.4 Å². The second-order valence-electron chi connectivity index (χ2n) is 3.25. The van der Waals surface area contributed by atoms with Gasteiger partial charge in [-0.2, -0.15) is 0 Å². The van der Waals surface area contributed by atoms with E-state index in [0.29, 0.717) is 5.75 Å². The summed E-state index contributed by atoms with van der Waals surface area (Å²) in [5.41, 5.74) is 1.22. The van der Waals surface area contributed by atoms with Gasteiger partial charge in [-0.15, -0.1) is 11.8 Å². The molecule has 0 amide bonds. The summed E-state index contributed by atoms with van der Waals surface area (Å²) in [6, 6.07) is 8.09. The molecule has 0 saturated heterocycles. The fraction of sp³-hybridized carbons (Fsp3) is 0.417. The lowest BCUT2D eigenvalue weighted by Gasteiger charge is -2.08. The Hall–Kier alpha value is -1.00. The van der Waals surface area contributed by atoms with Crippen LogP contribution in [0.5, 0.6) is 0 Å². The second kappa shape index (κ2) is 7.30. The largest absolute Gasteiger partial charge is 0.468 e. The van der Waals surface area contributed by atoms with Gasteiger partial charge < -0.3 is 10.1 Å². The molecule has 4 heteroatoms. The molecule has 0 radical (unpaired) electrons. The highest BCUT2D eigenvalue weighted by molar-refractivity contribution is 8.00. The third-order valence-electron chi connectivity index (χ3n) is 2.11. The van der Waals surface area contributed by atoms with E-state index >= 15 is 0 Å². The topological polar surface area (TPSA) is 38.3 Å². The van der Waals surface area contributed by atoms with Crippen molar-refractivity contribution in [3.8, 4) is 0 Å².